The van der Waals surface area contributed by atoms with Crippen LogP contribution in [0, 0.1) is 10.1 Å². The van der Waals surface area contributed by atoms with Crippen LogP contribution >= 0.6 is 0 Å². The van der Waals surface area contributed by atoms with Gasteiger partial charge in [0.2, 0.25) is 10.0 Å². The number of piperidine rings is 1. The Balaban J connectivity index is 2.24. The van der Waals surface area contributed by atoms with Crippen LogP contribution in [-0.4, -0.2) is 41.4 Å². The lowest BCUT2D eigenvalue weighted by atomic mass is 9.97. The highest BCUT2D eigenvalue weighted by Crippen LogP contribution is 2.26. The summed E-state index contributed by atoms with van der Waals surface area (Å²) >= 11 is 0. The van der Waals surface area contributed by atoms with Gasteiger partial charge in [-0.2, -0.15) is 4.31 Å². The largest absolute Gasteiger partial charge is 0.389 e. The smallest absolute Gasteiger partial charge is 0.273 e. The summed E-state index contributed by atoms with van der Waals surface area (Å²) in [4.78, 5) is 10.4. The lowest BCUT2D eigenvalue weighted by Gasteiger charge is -2.35. The molecule has 1 saturated heterocycles. The Bertz CT molecular complexity index is 642. The predicted molar refractivity (Wildman–Crippen MR) is 77.2 cm³/mol. The second-order valence-electron chi connectivity index (χ2n) is 5.58. The van der Waals surface area contributed by atoms with Gasteiger partial charge in [-0.25, -0.2) is 8.42 Å². The van der Waals surface area contributed by atoms with Crippen LogP contribution in [0.25, 0.3) is 0 Å². The van der Waals surface area contributed by atoms with E-state index in [4.69, 9.17) is 0 Å². The molecule has 0 aromatic heterocycles. The lowest BCUT2D eigenvalue weighted by molar-refractivity contribution is -0.385. The maximum absolute atomic E-state index is 12.4. The van der Waals surface area contributed by atoms with Crippen LogP contribution in [-0.2, 0) is 15.8 Å². The lowest BCUT2D eigenvalue weighted by Crippen LogP contribution is -2.48. The van der Waals surface area contributed by atoms with Crippen LogP contribution in [0.15, 0.2) is 24.3 Å². The highest BCUT2D eigenvalue weighted by Gasteiger charge is 2.35. The van der Waals surface area contributed by atoms with Gasteiger partial charge in [0.1, 0.15) is 0 Å². The molecule has 0 aliphatic carbocycles. The number of para-hydroxylation sites is 1. The van der Waals surface area contributed by atoms with Crippen molar-refractivity contribution in [1.29, 1.82) is 0 Å². The molecule has 0 radical (unpaired) electrons. The van der Waals surface area contributed by atoms with Crippen molar-refractivity contribution in [1.82, 2.24) is 4.31 Å². The molecule has 21 heavy (non-hydrogen) atoms. The number of benzene rings is 1. The molecule has 2 rings (SSSR count). The minimum Gasteiger partial charge on any atom is -0.389 e. The number of nitrogens with zero attached hydrogens (tertiary/aromatic N) is 2. The first kappa shape index (κ1) is 15.9. The summed E-state index contributed by atoms with van der Waals surface area (Å²) in [5.41, 5.74) is -1.09. The quantitative estimate of drug-likeness (QED) is 0.666. The van der Waals surface area contributed by atoms with Crippen molar-refractivity contribution in [3.05, 3.63) is 39.9 Å². The molecule has 1 aromatic rings. The van der Waals surface area contributed by atoms with Crippen LogP contribution in [0.2, 0.25) is 0 Å². The topological polar surface area (TPSA) is 101 Å². The molecule has 1 aromatic carbocycles. The summed E-state index contributed by atoms with van der Waals surface area (Å²) < 4.78 is 26.0. The molecule has 1 heterocycles. The molecule has 1 aliphatic rings. The van der Waals surface area contributed by atoms with Gasteiger partial charge < -0.3 is 5.11 Å². The fourth-order valence-electron chi connectivity index (χ4n) is 2.51. The summed E-state index contributed by atoms with van der Waals surface area (Å²) in [5, 5.41) is 20.9. The summed E-state index contributed by atoms with van der Waals surface area (Å²) in [6, 6.07) is 5.80. The van der Waals surface area contributed by atoms with E-state index in [0.29, 0.717) is 19.4 Å². The molecule has 0 saturated carbocycles. The third-order valence-corrected chi connectivity index (χ3v) is 5.33. The average molecular weight is 314 g/mol. The molecule has 1 aliphatic heterocycles. The van der Waals surface area contributed by atoms with E-state index in [1.54, 1.807) is 13.0 Å². The summed E-state index contributed by atoms with van der Waals surface area (Å²) in [6.07, 6.45) is 1.12. The molecule has 1 N–H and O–H groups in total. The number of nitro benzene ring substituents is 1. The van der Waals surface area contributed by atoms with Gasteiger partial charge in [0.05, 0.1) is 16.3 Å². The standard InChI is InChI=1S/C13H18N2O5S/c1-13(16)7-4-8-14(10-13)21(19,20)9-11-5-2-3-6-12(11)15(17)18/h2-3,5-6,16H,4,7-10H2,1H3. The first-order valence-electron chi connectivity index (χ1n) is 6.64. The molecular formula is C13H18N2O5S. The third-order valence-electron chi connectivity index (χ3n) is 3.56. The number of nitro groups is 1. The Hall–Kier alpha value is -1.51. The maximum atomic E-state index is 12.4. The Morgan fingerprint density at radius 1 is 1.43 bits per heavy atom. The Morgan fingerprint density at radius 2 is 2.10 bits per heavy atom. The number of hydrogen-bond acceptors (Lipinski definition) is 5. The van der Waals surface area contributed by atoms with Crippen molar-refractivity contribution in [3.8, 4) is 0 Å². The van der Waals surface area contributed by atoms with E-state index >= 15 is 0 Å². The predicted octanol–water partition coefficient (Wildman–Crippen LogP) is 1.27. The van der Waals surface area contributed by atoms with E-state index in [1.165, 1.54) is 22.5 Å². The molecule has 1 unspecified atom stereocenters. The molecule has 1 atom stereocenters. The summed E-state index contributed by atoms with van der Waals surface area (Å²) in [5.74, 6) is -0.430. The first-order chi connectivity index (χ1) is 9.71. The second kappa shape index (κ2) is 5.70. The van der Waals surface area contributed by atoms with E-state index < -0.39 is 26.3 Å². The van der Waals surface area contributed by atoms with Crippen LogP contribution in [0.3, 0.4) is 0 Å². The molecule has 8 heteroatoms. The zero-order valence-corrected chi connectivity index (χ0v) is 12.5. The second-order valence-corrected chi connectivity index (χ2v) is 7.54. The van der Waals surface area contributed by atoms with Gasteiger partial charge in [-0.05, 0) is 19.8 Å². The van der Waals surface area contributed by atoms with E-state index in [0.717, 1.165) is 0 Å². The van der Waals surface area contributed by atoms with Gasteiger partial charge >= 0.3 is 0 Å². The molecule has 116 valence electrons. The minimum absolute atomic E-state index is 0.0238. The number of hydrogen-bond donors (Lipinski definition) is 1. The molecule has 0 amide bonds. The van der Waals surface area contributed by atoms with Crippen molar-refractivity contribution in [2.45, 2.75) is 31.1 Å². The van der Waals surface area contributed by atoms with Gasteiger partial charge in [0.15, 0.2) is 0 Å². The molecule has 1 fully saturated rings. The fraction of sp³-hybridized carbons (Fsp3) is 0.538. The van der Waals surface area contributed by atoms with Crippen molar-refractivity contribution < 1.29 is 18.4 Å². The van der Waals surface area contributed by atoms with Gasteiger partial charge in [0.25, 0.3) is 5.69 Å². The highest BCUT2D eigenvalue weighted by molar-refractivity contribution is 7.88. The Morgan fingerprint density at radius 3 is 2.71 bits per heavy atom. The number of sulfonamides is 1. The number of β-amino-alcohol motifs (C(OH)–C–C–N with tert-alkyl or cyclic N) is 1. The van der Waals surface area contributed by atoms with E-state index in [1.807, 2.05) is 0 Å². The fourth-order valence-corrected chi connectivity index (χ4v) is 4.21. The zero-order valence-electron chi connectivity index (χ0n) is 11.7. The summed E-state index contributed by atoms with van der Waals surface area (Å²) in [6.45, 7) is 1.95. The Labute approximate surface area is 123 Å². The summed E-state index contributed by atoms with van der Waals surface area (Å²) in [7, 11) is -3.69. The van der Waals surface area contributed by atoms with Crippen LogP contribution < -0.4 is 0 Å². The van der Waals surface area contributed by atoms with Gasteiger partial charge in [-0.1, -0.05) is 18.2 Å². The van der Waals surface area contributed by atoms with Gasteiger partial charge in [-0.3, -0.25) is 10.1 Å². The molecule has 0 spiro atoms. The normalized spacial score (nSPS) is 23.9. The SMILES string of the molecule is CC1(O)CCCN(S(=O)(=O)Cc2ccccc2[N+](=O)[O-])C1. The maximum Gasteiger partial charge on any atom is 0.273 e. The van der Waals surface area contributed by atoms with Gasteiger partial charge in [0, 0.05) is 24.7 Å². The van der Waals surface area contributed by atoms with E-state index in [2.05, 4.69) is 0 Å². The van der Waals surface area contributed by atoms with Gasteiger partial charge in [-0.15, -0.1) is 0 Å². The Kier molecular flexibility index (Phi) is 4.31. The minimum atomic E-state index is -3.69. The number of aliphatic hydroxyl groups is 1. The highest BCUT2D eigenvalue weighted by atomic mass is 32.2. The van der Waals surface area contributed by atoms with Crippen LogP contribution in [0.4, 0.5) is 5.69 Å². The third kappa shape index (κ3) is 3.78. The van der Waals surface area contributed by atoms with E-state index in [-0.39, 0.29) is 17.8 Å². The molecular weight excluding hydrogens is 296 g/mol. The molecule has 0 bridgehead atoms. The zero-order chi connectivity index (χ0) is 15.7. The van der Waals surface area contributed by atoms with Crippen molar-refractivity contribution in [3.63, 3.8) is 0 Å². The molecule has 7 nitrogen and oxygen atoms in total. The average Bonchev–Trinajstić information content (AvgIpc) is 2.37. The van der Waals surface area contributed by atoms with Crippen LogP contribution in [0.1, 0.15) is 25.3 Å². The first-order valence-corrected chi connectivity index (χ1v) is 8.25. The monoisotopic (exact) mass is 314 g/mol. The van der Waals surface area contributed by atoms with Crippen molar-refractivity contribution in [2.24, 2.45) is 0 Å². The van der Waals surface area contributed by atoms with Crippen LogP contribution in [0.5, 0.6) is 0 Å². The van der Waals surface area contributed by atoms with Crippen molar-refractivity contribution >= 4 is 15.7 Å². The van der Waals surface area contributed by atoms with Crippen molar-refractivity contribution in [2.75, 3.05) is 13.1 Å². The van der Waals surface area contributed by atoms with E-state index in [9.17, 15) is 23.6 Å². The number of rotatable bonds is 4.